The highest BCUT2D eigenvalue weighted by Gasteiger charge is 2.30. The van der Waals surface area contributed by atoms with E-state index in [9.17, 15) is 9.59 Å². The van der Waals surface area contributed by atoms with E-state index in [1.165, 1.54) is 12.4 Å². The first-order chi connectivity index (χ1) is 8.66. The second-order valence-corrected chi connectivity index (χ2v) is 4.32. The molecule has 0 radical (unpaired) electrons. The van der Waals surface area contributed by atoms with E-state index in [1.54, 1.807) is 12.1 Å². The lowest BCUT2D eigenvalue weighted by Gasteiger charge is -2.10. The van der Waals surface area contributed by atoms with E-state index in [2.05, 4.69) is 21.2 Å². The summed E-state index contributed by atoms with van der Waals surface area (Å²) in [5, 5.41) is 2.59. The molecule has 1 saturated carbocycles. The van der Waals surface area contributed by atoms with Crippen LogP contribution in [0.25, 0.3) is 0 Å². The summed E-state index contributed by atoms with van der Waals surface area (Å²) in [6.45, 7) is 0. The van der Waals surface area contributed by atoms with Gasteiger partial charge in [-0.2, -0.15) is 0 Å². The third kappa shape index (κ3) is 3.49. The van der Waals surface area contributed by atoms with Gasteiger partial charge in [-0.05, 0) is 37.2 Å². The van der Waals surface area contributed by atoms with Crippen LogP contribution in [0.3, 0.4) is 0 Å². The Balaban J connectivity index is 1.75. The van der Waals surface area contributed by atoms with Gasteiger partial charge in [-0.3, -0.25) is 25.4 Å². The smallest absolute Gasteiger partial charge is 0.269 e. The van der Waals surface area contributed by atoms with Crippen molar-refractivity contribution in [1.29, 1.82) is 0 Å². The Kier molecular flexibility index (Phi) is 3.83. The Morgan fingerprint density at radius 2 is 1.89 bits per heavy atom. The summed E-state index contributed by atoms with van der Waals surface area (Å²) in [4.78, 5) is 26.8. The van der Waals surface area contributed by atoms with Gasteiger partial charge >= 0.3 is 0 Å². The minimum atomic E-state index is -0.347. The number of aromatic nitrogens is 1. The highest BCUT2D eigenvalue weighted by Crippen LogP contribution is 2.28. The van der Waals surface area contributed by atoms with Crippen LogP contribution in [0.15, 0.2) is 24.5 Å². The molecule has 1 aromatic rings. The number of hydrogen-bond donors (Lipinski definition) is 3. The summed E-state index contributed by atoms with van der Waals surface area (Å²) in [5.74, 6) is -0.383. The number of nitrogens with zero attached hydrogens (tertiary/aromatic N) is 1. The number of nitrogens with one attached hydrogen (secondary N) is 3. The lowest BCUT2D eigenvalue weighted by molar-refractivity contribution is -0.120. The number of hydrazine groups is 1. The van der Waals surface area contributed by atoms with Crippen LogP contribution in [0.4, 0.5) is 0 Å². The van der Waals surface area contributed by atoms with Gasteiger partial charge in [0.2, 0.25) is 5.91 Å². The maximum absolute atomic E-state index is 11.6. The second-order valence-electron chi connectivity index (χ2n) is 3.91. The number of carbonyl (C=O) groups is 2. The van der Waals surface area contributed by atoms with Crippen molar-refractivity contribution >= 4 is 29.1 Å². The quantitative estimate of drug-likeness (QED) is 0.522. The van der Waals surface area contributed by atoms with Crippen LogP contribution in [0.2, 0.25) is 0 Å². The molecule has 2 amide bonds. The molecule has 18 heavy (non-hydrogen) atoms. The van der Waals surface area contributed by atoms with E-state index < -0.39 is 0 Å². The number of rotatable bonds is 2. The average Bonchev–Trinajstić information content (AvgIpc) is 3.21. The SMILES string of the molecule is O=C(NNC(=S)NC(=O)C1CC1)c1ccncc1. The van der Waals surface area contributed by atoms with Gasteiger partial charge < -0.3 is 5.32 Å². The zero-order valence-electron chi connectivity index (χ0n) is 9.47. The Labute approximate surface area is 109 Å². The molecule has 1 aromatic heterocycles. The molecule has 0 spiro atoms. The molecular weight excluding hydrogens is 252 g/mol. The van der Waals surface area contributed by atoms with E-state index in [1.807, 2.05) is 0 Å². The molecular formula is C11H12N4O2S. The monoisotopic (exact) mass is 264 g/mol. The number of pyridine rings is 1. The van der Waals surface area contributed by atoms with Gasteiger partial charge in [0, 0.05) is 23.9 Å². The fourth-order valence-electron chi connectivity index (χ4n) is 1.28. The maximum Gasteiger partial charge on any atom is 0.269 e. The fraction of sp³-hybridized carbons (Fsp3) is 0.273. The topological polar surface area (TPSA) is 83.1 Å². The molecule has 1 heterocycles. The first-order valence-corrected chi connectivity index (χ1v) is 5.89. The van der Waals surface area contributed by atoms with Gasteiger partial charge in [0.25, 0.3) is 5.91 Å². The predicted octanol–water partition coefficient (Wildman–Crippen LogP) is 0.127. The summed E-state index contributed by atoms with van der Waals surface area (Å²) in [7, 11) is 0. The lowest BCUT2D eigenvalue weighted by Crippen LogP contribution is -2.48. The molecule has 0 saturated heterocycles. The molecule has 0 aliphatic heterocycles. The number of amides is 2. The summed E-state index contributed by atoms with van der Waals surface area (Å²) in [6, 6.07) is 3.14. The standard InChI is InChI=1S/C11H12N4O2S/c16-9(7-1-2-7)13-11(18)15-14-10(17)8-3-5-12-6-4-8/h3-7H,1-2H2,(H,14,17)(H2,13,15,16,18). The normalized spacial score (nSPS) is 13.6. The zero-order valence-corrected chi connectivity index (χ0v) is 10.3. The molecule has 1 aliphatic rings. The highest BCUT2D eigenvalue weighted by molar-refractivity contribution is 7.80. The van der Waals surface area contributed by atoms with Crippen molar-refractivity contribution in [3.8, 4) is 0 Å². The van der Waals surface area contributed by atoms with Crippen molar-refractivity contribution < 1.29 is 9.59 Å². The average molecular weight is 264 g/mol. The summed E-state index contributed by atoms with van der Waals surface area (Å²) >= 11 is 4.88. The van der Waals surface area contributed by atoms with Gasteiger partial charge in [-0.25, -0.2) is 0 Å². The Morgan fingerprint density at radius 3 is 2.50 bits per heavy atom. The van der Waals surface area contributed by atoms with Gasteiger partial charge in [0.15, 0.2) is 5.11 Å². The third-order valence-electron chi connectivity index (χ3n) is 2.42. The van der Waals surface area contributed by atoms with Gasteiger partial charge in [-0.15, -0.1) is 0 Å². The van der Waals surface area contributed by atoms with Crippen molar-refractivity contribution in [2.24, 2.45) is 5.92 Å². The van der Waals surface area contributed by atoms with Crippen LogP contribution in [0.1, 0.15) is 23.2 Å². The van der Waals surface area contributed by atoms with Crippen molar-refractivity contribution in [2.75, 3.05) is 0 Å². The maximum atomic E-state index is 11.6. The minimum absolute atomic E-state index is 0.0700. The van der Waals surface area contributed by atoms with Crippen LogP contribution in [0, 0.1) is 5.92 Å². The third-order valence-corrected chi connectivity index (χ3v) is 2.62. The van der Waals surface area contributed by atoms with Crippen LogP contribution in [0.5, 0.6) is 0 Å². The van der Waals surface area contributed by atoms with Crippen LogP contribution < -0.4 is 16.2 Å². The van der Waals surface area contributed by atoms with Gasteiger partial charge in [-0.1, -0.05) is 0 Å². The van der Waals surface area contributed by atoms with Gasteiger partial charge in [0.05, 0.1) is 0 Å². The van der Waals surface area contributed by atoms with Crippen LogP contribution in [-0.2, 0) is 4.79 Å². The highest BCUT2D eigenvalue weighted by atomic mass is 32.1. The first-order valence-electron chi connectivity index (χ1n) is 5.48. The van der Waals surface area contributed by atoms with Gasteiger partial charge in [0.1, 0.15) is 0 Å². The van der Waals surface area contributed by atoms with E-state index in [0.717, 1.165) is 12.8 Å². The van der Waals surface area contributed by atoms with Crippen molar-refractivity contribution in [3.05, 3.63) is 30.1 Å². The van der Waals surface area contributed by atoms with Crippen molar-refractivity contribution in [1.82, 2.24) is 21.2 Å². The summed E-state index contributed by atoms with van der Waals surface area (Å²) in [6.07, 6.45) is 4.83. The lowest BCUT2D eigenvalue weighted by atomic mass is 10.3. The molecule has 0 atom stereocenters. The van der Waals surface area contributed by atoms with E-state index >= 15 is 0 Å². The first kappa shape index (κ1) is 12.4. The molecule has 2 rings (SSSR count). The van der Waals surface area contributed by atoms with E-state index in [4.69, 9.17) is 12.2 Å². The molecule has 94 valence electrons. The molecule has 3 N–H and O–H groups in total. The molecule has 7 heteroatoms. The largest absolute Gasteiger partial charge is 0.302 e. The van der Waals surface area contributed by atoms with Crippen molar-refractivity contribution in [2.45, 2.75) is 12.8 Å². The van der Waals surface area contributed by atoms with Crippen molar-refractivity contribution in [3.63, 3.8) is 0 Å². The molecule has 0 bridgehead atoms. The Bertz CT molecular complexity index is 473. The minimum Gasteiger partial charge on any atom is -0.302 e. The summed E-state index contributed by atoms with van der Waals surface area (Å²) < 4.78 is 0. The number of thiocarbonyl (C=S) groups is 1. The van der Waals surface area contributed by atoms with E-state index in [0.29, 0.717) is 5.56 Å². The fourth-order valence-corrected chi connectivity index (χ4v) is 1.43. The Hall–Kier alpha value is -2.02. The molecule has 6 nitrogen and oxygen atoms in total. The summed E-state index contributed by atoms with van der Waals surface area (Å²) in [5.41, 5.74) is 5.32. The van der Waals surface area contributed by atoms with Crippen LogP contribution in [-0.4, -0.2) is 21.9 Å². The second kappa shape index (κ2) is 5.54. The Morgan fingerprint density at radius 1 is 1.22 bits per heavy atom. The number of carbonyl (C=O) groups excluding carboxylic acids is 2. The van der Waals surface area contributed by atoms with Crippen LogP contribution >= 0.6 is 12.2 Å². The zero-order chi connectivity index (χ0) is 13.0. The molecule has 1 fully saturated rings. The number of hydrogen-bond acceptors (Lipinski definition) is 4. The molecule has 0 unspecified atom stereocenters. The predicted molar refractivity (Wildman–Crippen MR) is 68.3 cm³/mol. The van der Waals surface area contributed by atoms with E-state index in [-0.39, 0.29) is 22.8 Å². The molecule has 1 aliphatic carbocycles. The molecule has 0 aromatic carbocycles.